The smallest absolute Gasteiger partial charge is 0.142 e. The number of rotatable bonds is 8. The van der Waals surface area contributed by atoms with Gasteiger partial charge in [-0.1, -0.05) is 23.2 Å². The van der Waals surface area contributed by atoms with Crippen molar-refractivity contribution in [3.8, 4) is 17.6 Å². The largest absolute Gasteiger partial charge is 0.491 e. The minimum Gasteiger partial charge on any atom is -0.491 e. The van der Waals surface area contributed by atoms with E-state index in [9.17, 15) is 0 Å². The van der Waals surface area contributed by atoms with Gasteiger partial charge in [-0.25, -0.2) is 0 Å². The first-order chi connectivity index (χ1) is 9.69. The van der Waals surface area contributed by atoms with Crippen molar-refractivity contribution in [1.82, 2.24) is 5.32 Å². The summed E-state index contributed by atoms with van der Waals surface area (Å²) >= 11 is 12.2. The van der Waals surface area contributed by atoms with E-state index in [1.165, 1.54) is 0 Å². The molecular formula is C15H19Cl2NO2. The van der Waals surface area contributed by atoms with Crippen molar-refractivity contribution in [2.45, 2.75) is 19.9 Å². The average Bonchev–Trinajstić information content (AvgIpc) is 2.41. The third kappa shape index (κ3) is 6.02. The van der Waals surface area contributed by atoms with Crippen LogP contribution in [-0.2, 0) is 11.3 Å². The number of hydrogen-bond donors (Lipinski definition) is 1. The van der Waals surface area contributed by atoms with Crippen LogP contribution >= 0.6 is 23.2 Å². The first kappa shape index (κ1) is 17.1. The SMILES string of the molecule is CC#CCCOc1c(Cl)cc(Cl)cc1CNCCOC. The molecule has 1 rings (SSSR count). The van der Waals surface area contributed by atoms with Gasteiger partial charge >= 0.3 is 0 Å². The molecule has 0 aliphatic carbocycles. The lowest BCUT2D eigenvalue weighted by Gasteiger charge is -2.14. The fraction of sp³-hybridized carbons (Fsp3) is 0.467. The zero-order valence-corrected chi connectivity index (χ0v) is 13.3. The fourth-order valence-electron chi connectivity index (χ4n) is 1.63. The van der Waals surface area contributed by atoms with Crippen LogP contribution in [0.1, 0.15) is 18.9 Å². The van der Waals surface area contributed by atoms with Crippen LogP contribution in [0.2, 0.25) is 10.0 Å². The summed E-state index contributed by atoms with van der Waals surface area (Å²) in [5.74, 6) is 6.45. The van der Waals surface area contributed by atoms with Gasteiger partial charge in [-0.2, -0.15) is 0 Å². The van der Waals surface area contributed by atoms with Gasteiger partial charge in [0.25, 0.3) is 0 Å². The third-order valence-electron chi connectivity index (χ3n) is 2.53. The molecule has 20 heavy (non-hydrogen) atoms. The highest BCUT2D eigenvalue weighted by Gasteiger charge is 2.10. The molecular weight excluding hydrogens is 297 g/mol. The molecule has 0 spiro atoms. The zero-order valence-electron chi connectivity index (χ0n) is 11.8. The molecule has 1 aromatic carbocycles. The fourth-order valence-corrected chi connectivity index (χ4v) is 2.22. The van der Waals surface area contributed by atoms with Crippen LogP contribution in [0.15, 0.2) is 12.1 Å². The van der Waals surface area contributed by atoms with Gasteiger partial charge in [-0.15, -0.1) is 11.8 Å². The van der Waals surface area contributed by atoms with Crippen LogP contribution in [-0.4, -0.2) is 26.9 Å². The molecule has 1 aromatic rings. The molecule has 0 unspecified atom stereocenters. The Bertz CT molecular complexity index is 481. The van der Waals surface area contributed by atoms with Crippen molar-refractivity contribution in [3.63, 3.8) is 0 Å². The maximum absolute atomic E-state index is 6.19. The van der Waals surface area contributed by atoms with Gasteiger partial charge < -0.3 is 14.8 Å². The van der Waals surface area contributed by atoms with Crippen LogP contribution < -0.4 is 10.1 Å². The highest BCUT2D eigenvalue weighted by Crippen LogP contribution is 2.32. The van der Waals surface area contributed by atoms with Crippen LogP contribution in [0, 0.1) is 11.8 Å². The Morgan fingerprint density at radius 3 is 2.75 bits per heavy atom. The minimum absolute atomic E-state index is 0.507. The highest BCUT2D eigenvalue weighted by atomic mass is 35.5. The van der Waals surface area contributed by atoms with Gasteiger partial charge in [0.05, 0.1) is 18.2 Å². The van der Waals surface area contributed by atoms with Crippen molar-refractivity contribution in [2.75, 3.05) is 26.9 Å². The summed E-state index contributed by atoms with van der Waals surface area (Å²) in [6.45, 7) is 4.34. The van der Waals surface area contributed by atoms with Gasteiger partial charge in [0.1, 0.15) is 5.75 Å². The summed E-state index contributed by atoms with van der Waals surface area (Å²) in [5, 5.41) is 4.36. The highest BCUT2D eigenvalue weighted by molar-refractivity contribution is 6.35. The van der Waals surface area contributed by atoms with Gasteiger partial charge in [-0.05, 0) is 19.1 Å². The summed E-state index contributed by atoms with van der Waals surface area (Å²) in [7, 11) is 1.67. The number of methoxy groups -OCH3 is 1. The van der Waals surface area contributed by atoms with E-state index in [4.69, 9.17) is 32.7 Å². The van der Waals surface area contributed by atoms with E-state index in [2.05, 4.69) is 17.2 Å². The average molecular weight is 316 g/mol. The first-order valence-electron chi connectivity index (χ1n) is 6.39. The molecule has 0 bridgehead atoms. The topological polar surface area (TPSA) is 30.5 Å². The first-order valence-corrected chi connectivity index (χ1v) is 7.14. The van der Waals surface area contributed by atoms with Crippen molar-refractivity contribution < 1.29 is 9.47 Å². The van der Waals surface area contributed by atoms with Gasteiger partial charge in [-0.3, -0.25) is 0 Å². The van der Waals surface area contributed by atoms with Crippen molar-refractivity contribution >= 4 is 23.2 Å². The lowest BCUT2D eigenvalue weighted by molar-refractivity contribution is 0.199. The van der Waals surface area contributed by atoms with E-state index < -0.39 is 0 Å². The molecule has 110 valence electrons. The Balaban J connectivity index is 2.70. The number of hydrogen-bond acceptors (Lipinski definition) is 3. The second-order valence-electron chi connectivity index (χ2n) is 4.07. The Morgan fingerprint density at radius 2 is 2.05 bits per heavy atom. The van der Waals surface area contributed by atoms with E-state index >= 15 is 0 Å². The van der Waals surface area contributed by atoms with Crippen LogP contribution in [0.3, 0.4) is 0 Å². The molecule has 0 radical (unpaired) electrons. The maximum Gasteiger partial charge on any atom is 0.142 e. The monoisotopic (exact) mass is 315 g/mol. The lowest BCUT2D eigenvalue weighted by Crippen LogP contribution is -2.19. The Labute approximate surface area is 130 Å². The Kier molecular flexibility index (Phi) is 8.48. The summed E-state index contributed by atoms with van der Waals surface area (Å²) in [6.07, 6.45) is 0.673. The molecule has 0 atom stereocenters. The van der Waals surface area contributed by atoms with Gasteiger partial charge in [0, 0.05) is 37.2 Å². The molecule has 0 saturated carbocycles. The molecule has 0 aliphatic heterocycles. The Morgan fingerprint density at radius 1 is 1.25 bits per heavy atom. The predicted molar refractivity (Wildman–Crippen MR) is 83.6 cm³/mol. The second-order valence-corrected chi connectivity index (χ2v) is 4.91. The molecule has 0 amide bonds. The maximum atomic E-state index is 6.19. The summed E-state index contributed by atoms with van der Waals surface area (Å²) in [5.41, 5.74) is 0.933. The summed E-state index contributed by atoms with van der Waals surface area (Å²) in [6, 6.07) is 3.54. The standard InChI is InChI=1S/C15H19Cl2NO2/c1-3-4-5-7-20-15-12(11-18-6-8-19-2)9-13(16)10-14(15)17/h9-10,18H,5-8,11H2,1-2H3. The number of nitrogens with one attached hydrogen (secondary N) is 1. The molecule has 3 nitrogen and oxygen atoms in total. The number of halogens is 2. The van der Waals surface area contributed by atoms with Crippen LogP contribution in [0.5, 0.6) is 5.75 Å². The molecule has 1 N–H and O–H groups in total. The molecule has 0 aromatic heterocycles. The number of benzene rings is 1. The van der Waals surface area contributed by atoms with Crippen LogP contribution in [0.25, 0.3) is 0 Å². The van der Waals surface area contributed by atoms with E-state index in [1.54, 1.807) is 20.1 Å². The molecule has 5 heteroatoms. The predicted octanol–water partition coefficient (Wildman–Crippen LogP) is 3.52. The van der Waals surface area contributed by atoms with E-state index in [-0.39, 0.29) is 0 Å². The van der Waals surface area contributed by atoms with Crippen molar-refractivity contribution in [2.24, 2.45) is 0 Å². The molecule has 0 aliphatic rings. The zero-order chi connectivity index (χ0) is 14.8. The number of ether oxygens (including phenoxy) is 2. The van der Waals surface area contributed by atoms with Crippen molar-refractivity contribution in [1.29, 1.82) is 0 Å². The van der Waals surface area contributed by atoms with Crippen molar-refractivity contribution in [3.05, 3.63) is 27.7 Å². The normalized spacial score (nSPS) is 10.0. The molecule has 0 saturated heterocycles. The van der Waals surface area contributed by atoms with Crippen LogP contribution in [0.4, 0.5) is 0 Å². The Hall–Kier alpha value is -0.920. The minimum atomic E-state index is 0.507. The molecule has 0 heterocycles. The summed E-state index contributed by atoms with van der Waals surface area (Å²) in [4.78, 5) is 0. The van der Waals surface area contributed by atoms with Gasteiger partial charge in [0.2, 0.25) is 0 Å². The van der Waals surface area contributed by atoms with E-state index in [0.29, 0.717) is 42.0 Å². The summed E-state index contributed by atoms with van der Waals surface area (Å²) < 4.78 is 10.7. The quantitative estimate of drug-likeness (QED) is 0.588. The molecule has 0 fully saturated rings. The third-order valence-corrected chi connectivity index (χ3v) is 3.03. The second kappa shape index (κ2) is 9.90. The van der Waals surface area contributed by atoms with Gasteiger partial charge in [0.15, 0.2) is 0 Å². The van der Waals surface area contributed by atoms with E-state index in [1.807, 2.05) is 6.07 Å². The lowest BCUT2D eigenvalue weighted by atomic mass is 10.2. The van der Waals surface area contributed by atoms with E-state index in [0.717, 1.165) is 12.1 Å².